The average molecular weight is 251 g/mol. The monoisotopic (exact) mass is 251 g/mol. The standard InChI is InChI=1S/C13H17NO4/c1-8-4-5-10(6-11(8)18-3)7-14-12(15)9(2)13(16)17/h4-6,9H,7H2,1-3H3,(H,14,15)(H,16,17). The summed E-state index contributed by atoms with van der Waals surface area (Å²) in [4.78, 5) is 22.1. The SMILES string of the molecule is COc1cc(CNC(=O)C(C)C(=O)O)ccc1C. The number of amides is 1. The highest BCUT2D eigenvalue weighted by Gasteiger charge is 2.19. The van der Waals surface area contributed by atoms with Gasteiger partial charge in [0.15, 0.2) is 0 Å². The van der Waals surface area contributed by atoms with E-state index < -0.39 is 17.8 Å². The van der Waals surface area contributed by atoms with Gasteiger partial charge in [0, 0.05) is 6.54 Å². The topological polar surface area (TPSA) is 75.6 Å². The minimum absolute atomic E-state index is 0.285. The number of carboxylic acid groups (broad SMARTS) is 1. The van der Waals surface area contributed by atoms with E-state index in [2.05, 4.69) is 5.32 Å². The van der Waals surface area contributed by atoms with Gasteiger partial charge < -0.3 is 15.2 Å². The number of ether oxygens (including phenoxy) is 1. The number of benzene rings is 1. The van der Waals surface area contributed by atoms with Crippen LogP contribution in [-0.4, -0.2) is 24.1 Å². The Labute approximate surface area is 106 Å². The fraction of sp³-hybridized carbons (Fsp3) is 0.385. The molecular weight excluding hydrogens is 234 g/mol. The molecule has 0 aliphatic carbocycles. The lowest BCUT2D eigenvalue weighted by atomic mass is 10.1. The molecule has 98 valence electrons. The molecule has 5 nitrogen and oxygen atoms in total. The largest absolute Gasteiger partial charge is 0.496 e. The molecule has 1 aromatic rings. The van der Waals surface area contributed by atoms with Crippen LogP contribution in [0.25, 0.3) is 0 Å². The van der Waals surface area contributed by atoms with E-state index >= 15 is 0 Å². The minimum Gasteiger partial charge on any atom is -0.496 e. The van der Waals surface area contributed by atoms with Crippen molar-refractivity contribution in [3.8, 4) is 5.75 Å². The molecule has 0 fully saturated rings. The molecule has 0 heterocycles. The summed E-state index contributed by atoms with van der Waals surface area (Å²) in [6.07, 6.45) is 0. The van der Waals surface area contributed by atoms with Crippen LogP contribution in [0.3, 0.4) is 0 Å². The lowest BCUT2D eigenvalue weighted by Crippen LogP contribution is -2.33. The van der Waals surface area contributed by atoms with Crippen molar-refractivity contribution in [1.82, 2.24) is 5.32 Å². The van der Waals surface area contributed by atoms with Gasteiger partial charge in [0.25, 0.3) is 0 Å². The molecule has 0 aromatic heterocycles. The van der Waals surface area contributed by atoms with E-state index in [1.807, 2.05) is 25.1 Å². The second kappa shape index (κ2) is 6.05. The highest BCUT2D eigenvalue weighted by molar-refractivity contribution is 5.96. The summed E-state index contributed by atoms with van der Waals surface area (Å²) in [5, 5.41) is 11.3. The summed E-state index contributed by atoms with van der Waals surface area (Å²) in [7, 11) is 1.58. The summed E-state index contributed by atoms with van der Waals surface area (Å²) < 4.78 is 5.17. The van der Waals surface area contributed by atoms with E-state index in [4.69, 9.17) is 9.84 Å². The quantitative estimate of drug-likeness (QED) is 0.774. The lowest BCUT2D eigenvalue weighted by Gasteiger charge is -2.10. The molecule has 0 spiro atoms. The molecule has 1 rings (SSSR count). The Balaban J connectivity index is 2.64. The lowest BCUT2D eigenvalue weighted by molar-refractivity contribution is -0.146. The van der Waals surface area contributed by atoms with Crippen LogP contribution in [0.5, 0.6) is 5.75 Å². The maximum Gasteiger partial charge on any atom is 0.315 e. The van der Waals surface area contributed by atoms with Crippen LogP contribution in [0.2, 0.25) is 0 Å². The summed E-state index contributed by atoms with van der Waals surface area (Å²) in [6.45, 7) is 3.56. The van der Waals surface area contributed by atoms with Crippen molar-refractivity contribution < 1.29 is 19.4 Å². The second-order valence-corrected chi connectivity index (χ2v) is 4.08. The van der Waals surface area contributed by atoms with Gasteiger partial charge in [0.05, 0.1) is 7.11 Å². The van der Waals surface area contributed by atoms with Gasteiger partial charge in [0.2, 0.25) is 5.91 Å². The zero-order valence-electron chi connectivity index (χ0n) is 10.7. The highest BCUT2D eigenvalue weighted by Crippen LogP contribution is 2.18. The first-order valence-corrected chi connectivity index (χ1v) is 5.59. The number of carbonyl (C=O) groups is 2. The maximum atomic E-state index is 11.5. The third kappa shape index (κ3) is 3.48. The van der Waals surface area contributed by atoms with Crippen molar-refractivity contribution in [1.29, 1.82) is 0 Å². The van der Waals surface area contributed by atoms with Gasteiger partial charge in [-0.3, -0.25) is 9.59 Å². The number of carboxylic acids is 1. The molecule has 1 atom stereocenters. The molecule has 5 heteroatoms. The molecule has 0 saturated heterocycles. The van der Waals surface area contributed by atoms with E-state index in [1.165, 1.54) is 6.92 Å². The van der Waals surface area contributed by atoms with Gasteiger partial charge in [-0.25, -0.2) is 0 Å². The average Bonchev–Trinajstić information content (AvgIpc) is 2.36. The number of aryl methyl sites for hydroxylation is 1. The van der Waals surface area contributed by atoms with Crippen LogP contribution in [0, 0.1) is 12.8 Å². The van der Waals surface area contributed by atoms with E-state index in [0.717, 1.165) is 16.9 Å². The summed E-state index contributed by atoms with van der Waals surface area (Å²) in [5.74, 6) is -1.93. The Kier molecular flexibility index (Phi) is 4.71. The second-order valence-electron chi connectivity index (χ2n) is 4.08. The number of hydrogen-bond donors (Lipinski definition) is 2. The molecule has 2 N–H and O–H groups in total. The smallest absolute Gasteiger partial charge is 0.315 e. The molecule has 0 bridgehead atoms. The first kappa shape index (κ1) is 14.0. The molecule has 1 unspecified atom stereocenters. The number of nitrogens with one attached hydrogen (secondary N) is 1. The molecule has 0 saturated carbocycles. The predicted molar refractivity (Wildman–Crippen MR) is 66.4 cm³/mol. The van der Waals surface area contributed by atoms with E-state index in [-0.39, 0.29) is 6.54 Å². The Hall–Kier alpha value is -2.04. The molecule has 0 aliphatic heterocycles. The summed E-state index contributed by atoms with van der Waals surface area (Å²) in [6, 6.07) is 5.57. The van der Waals surface area contributed by atoms with Crippen molar-refractivity contribution in [2.45, 2.75) is 20.4 Å². The number of aliphatic carboxylic acids is 1. The van der Waals surface area contributed by atoms with E-state index in [1.54, 1.807) is 7.11 Å². The Morgan fingerprint density at radius 2 is 2.11 bits per heavy atom. The van der Waals surface area contributed by atoms with Crippen LogP contribution < -0.4 is 10.1 Å². The highest BCUT2D eigenvalue weighted by atomic mass is 16.5. The van der Waals surface area contributed by atoms with E-state index in [9.17, 15) is 9.59 Å². The zero-order chi connectivity index (χ0) is 13.7. The van der Waals surface area contributed by atoms with Gasteiger partial charge in [-0.1, -0.05) is 12.1 Å². The van der Waals surface area contributed by atoms with Crippen molar-refractivity contribution >= 4 is 11.9 Å². The molecule has 0 aliphatic rings. The molecular formula is C13H17NO4. The third-order valence-corrected chi connectivity index (χ3v) is 2.70. The molecule has 0 radical (unpaired) electrons. The van der Waals surface area contributed by atoms with E-state index in [0.29, 0.717) is 0 Å². The fourth-order valence-electron chi connectivity index (χ4n) is 1.43. The number of rotatable bonds is 5. The molecule has 1 aromatic carbocycles. The zero-order valence-corrected chi connectivity index (χ0v) is 10.7. The van der Waals surface area contributed by atoms with Crippen LogP contribution in [-0.2, 0) is 16.1 Å². The Bertz CT molecular complexity index is 456. The summed E-state index contributed by atoms with van der Waals surface area (Å²) in [5.41, 5.74) is 1.87. The number of methoxy groups -OCH3 is 1. The van der Waals surface area contributed by atoms with Crippen LogP contribution >= 0.6 is 0 Å². The van der Waals surface area contributed by atoms with Crippen molar-refractivity contribution in [2.24, 2.45) is 5.92 Å². The molecule has 18 heavy (non-hydrogen) atoms. The van der Waals surface area contributed by atoms with Gasteiger partial charge in [-0.15, -0.1) is 0 Å². The Morgan fingerprint density at radius 1 is 1.44 bits per heavy atom. The third-order valence-electron chi connectivity index (χ3n) is 2.70. The fourth-order valence-corrected chi connectivity index (χ4v) is 1.43. The number of hydrogen-bond acceptors (Lipinski definition) is 3. The minimum atomic E-state index is -1.13. The van der Waals surface area contributed by atoms with Gasteiger partial charge >= 0.3 is 5.97 Å². The van der Waals surface area contributed by atoms with Crippen LogP contribution in [0.4, 0.5) is 0 Å². The Morgan fingerprint density at radius 3 is 2.67 bits per heavy atom. The first-order chi connectivity index (χ1) is 8.45. The van der Waals surface area contributed by atoms with Gasteiger partial charge in [-0.05, 0) is 31.0 Å². The van der Waals surface area contributed by atoms with Crippen molar-refractivity contribution in [2.75, 3.05) is 7.11 Å². The summed E-state index contributed by atoms with van der Waals surface area (Å²) >= 11 is 0. The van der Waals surface area contributed by atoms with Crippen LogP contribution in [0.1, 0.15) is 18.1 Å². The number of carbonyl (C=O) groups excluding carboxylic acids is 1. The molecule has 1 amide bonds. The maximum absolute atomic E-state index is 11.5. The van der Waals surface area contributed by atoms with Crippen molar-refractivity contribution in [3.63, 3.8) is 0 Å². The normalized spacial score (nSPS) is 11.7. The first-order valence-electron chi connectivity index (χ1n) is 5.59. The van der Waals surface area contributed by atoms with Crippen molar-refractivity contribution in [3.05, 3.63) is 29.3 Å². The van der Waals surface area contributed by atoms with Gasteiger partial charge in [0.1, 0.15) is 11.7 Å². The predicted octanol–water partition coefficient (Wildman–Crippen LogP) is 1.34. The van der Waals surface area contributed by atoms with Gasteiger partial charge in [-0.2, -0.15) is 0 Å². The van der Waals surface area contributed by atoms with Crippen LogP contribution in [0.15, 0.2) is 18.2 Å².